The lowest BCUT2D eigenvalue weighted by molar-refractivity contribution is 0.121. The van der Waals surface area contributed by atoms with Crippen LogP contribution in [0.5, 0.6) is 11.5 Å². The molecule has 0 aromatic heterocycles. The molecule has 8 rings (SSSR count). The lowest BCUT2D eigenvalue weighted by atomic mass is 9.73. The van der Waals surface area contributed by atoms with Crippen LogP contribution in [0.3, 0.4) is 0 Å². The standard InChI is InChI=1S/C54H60N2O2/c1-37-14-16-40(17-15-37)51(2,3)44-12-11-13-45(32-44)52(4,5)43-22-26-48(27-23-43)56-34-39-31-47(25-29-50(39)58-36-56)54(8,9)42-20-18-41(19-21-42)53(6,7)46-24-28-49-38(30-46)33-55(10)35-57-49/h11-32H,33-36H2,1-10H3. The fraction of sp³-hybridized carbons (Fsp3) is 0.333. The van der Waals surface area contributed by atoms with Crippen LogP contribution in [-0.4, -0.2) is 25.4 Å². The van der Waals surface area contributed by atoms with Gasteiger partial charge in [0.1, 0.15) is 18.2 Å². The number of nitrogens with zero attached hydrogens (tertiary/aromatic N) is 2. The van der Waals surface area contributed by atoms with Gasteiger partial charge in [0.15, 0.2) is 6.73 Å². The van der Waals surface area contributed by atoms with Crippen molar-refractivity contribution in [2.45, 2.75) is 97.1 Å². The average molecular weight is 769 g/mol. The molecular weight excluding hydrogens is 709 g/mol. The second kappa shape index (κ2) is 14.8. The van der Waals surface area contributed by atoms with Crippen molar-refractivity contribution in [1.29, 1.82) is 0 Å². The zero-order valence-corrected chi connectivity index (χ0v) is 36.2. The number of aryl methyl sites for hydroxylation is 1. The lowest BCUT2D eigenvalue weighted by Crippen LogP contribution is -2.32. The van der Waals surface area contributed by atoms with E-state index in [2.05, 4.69) is 213 Å². The summed E-state index contributed by atoms with van der Waals surface area (Å²) in [5, 5.41) is 0. The Morgan fingerprint density at radius 3 is 1.28 bits per heavy atom. The molecule has 4 nitrogen and oxygen atoms in total. The van der Waals surface area contributed by atoms with Crippen molar-refractivity contribution < 1.29 is 9.47 Å². The Labute approximate surface area is 347 Å². The van der Waals surface area contributed by atoms with Crippen LogP contribution in [-0.2, 0) is 34.7 Å². The number of anilines is 1. The molecule has 0 radical (unpaired) electrons. The summed E-state index contributed by atoms with van der Waals surface area (Å²) >= 11 is 0. The van der Waals surface area contributed by atoms with Crippen molar-refractivity contribution in [3.05, 3.63) is 195 Å². The van der Waals surface area contributed by atoms with E-state index < -0.39 is 0 Å². The second-order valence-electron chi connectivity index (χ2n) is 19.0. The molecule has 0 N–H and O–H groups in total. The predicted molar refractivity (Wildman–Crippen MR) is 241 cm³/mol. The molecule has 0 saturated heterocycles. The lowest BCUT2D eigenvalue weighted by Gasteiger charge is -2.34. The second-order valence-corrected chi connectivity index (χ2v) is 19.0. The van der Waals surface area contributed by atoms with Gasteiger partial charge in [-0.3, -0.25) is 4.90 Å². The highest BCUT2D eigenvalue weighted by Gasteiger charge is 2.31. The van der Waals surface area contributed by atoms with Gasteiger partial charge in [-0.1, -0.05) is 158 Å². The van der Waals surface area contributed by atoms with E-state index in [0.29, 0.717) is 13.5 Å². The van der Waals surface area contributed by atoms with E-state index in [-0.39, 0.29) is 21.7 Å². The third-order valence-electron chi connectivity index (χ3n) is 13.5. The van der Waals surface area contributed by atoms with Gasteiger partial charge in [0, 0.05) is 51.6 Å². The molecular formula is C54H60N2O2. The third-order valence-corrected chi connectivity index (χ3v) is 13.5. The molecule has 0 fully saturated rings. The van der Waals surface area contributed by atoms with Crippen molar-refractivity contribution in [1.82, 2.24) is 4.90 Å². The van der Waals surface area contributed by atoms with Crippen molar-refractivity contribution in [3.63, 3.8) is 0 Å². The number of rotatable bonds is 9. The Kier molecular flexibility index (Phi) is 10.1. The summed E-state index contributed by atoms with van der Waals surface area (Å²) < 4.78 is 12.3. The summed E-state index contributed by atoms with van der Waals surface area (Å²) in [6, 6.07) is 50.0. The van der Waals surface area contributed by atoms with E-state index in [9.17, 15) is 0 Å². The predicted octanol–water partition coefficient (Wildman–Crippen LogP) is 12.4. The van der Waals surface area contributed by atoms with Crippen molar-refractivity contribution in [2.24, 2.45) is 0 Å². The van der Waals surface area contributed by atoms with Gasteiger partial charge in [-0.2, -0.15) is 0 Å². The van der Waals surface area contributed by atoms with Crippen LogP contribution in [0.1, 0.15) is 117 Å². The first-order valence-electron chi connectivity index (χ1n) is 20.9. The number of hydrogen-bond donors (Lipinski definition) is 0. The fourth-order valence-corrected chi connectivity index (χ4v) is 8.87. The zero-order chi connectivity index (χ0) is 41.0. The van der Waals surface area contributed by atoms with E-state index in [4.69, 9.17) is 9.47 Å². The third kappa shape index (κ3) is 7.32. The smallest absolute Gasteiger partial charge is 0.161 e. The van der Waals surface area contributed by atoms with Gasteiger partial charge in [0.05, 0.1) is 0 Å². The number of benzene rings is 6. The normalized spacial score (nSPS) is 15.0. The number of ether oxygens (including phenoxy) is 2. The average Bonchev–Trinajstić information content (AvgIpc) is 3.23. The van der Waals surface area contributed by atoms with Gasteiger partial charge in [-0.25, -0.2) is 0 Å². The molecule has 4 heteroatoms. The Hall–Kier alpha value is -5.32. The van der Waals surface area contributed by atoms with Crippen LogP contribution >= 0.6 is 0 Å². The molecule has 2 heterocycles. The molecule has 0 spiro atoms. The van der Waals surface area contributed by atoms with Gasteiger partial charge in [0.2, 0.25) is 0 Å². The van der Waals surface area contributed by atoms with Crippen LogP contribution in [0.4, 0.5) is 5.69 Å². The molecule has 6 aromatic carbocycles. The van der Waals surface area contributed by atoms with E-state index in [0.717, 1.165) is 24.6 Å². The van der Waals surface area contributed by atoms with Gasteiger partial charge in [-0.05, 0) is 94.9 Å². The Balaban J connectivity index is 0.975. The summed E-state index contributed by atoms with van der Waals surface area (Å²) in [5.41, 5.74) is 14.8. The van der Waals surface area contributed by atoms with Crippen LogP contribution < -0.4 is 14.4 Å². The highest BCUT2D eigenvalue weighted by Crippen LogP contribution is 2.41. The maximum atomic E-state index is 6.37. The minimum absolute atomic E-state index is 0.0952. The van der Waals surface area contributed by atoms with Crippen LogP contribution in [0, 0.1) is 6.92 Å². The fourth-order valence-electron chi connectivity index (χ4n) is 8.87. The monoisotopic (exact) mass is 768 g/mol. The van der Waals surface area contributed by atoms with Crippen molar-refractivity contribution in [2.75, 3.05) is 25.4 Å². The summed E-state index contributed by atoms with van der Waals surface area (Å²) in [6.07, 6.45) is 0. The van der Waals surface area contributed by atoms with Gasteiger partial charge in [0.25, 0.3) is 0 Å². The first kappa shape index (κ1) is 39.5. The van der Waals surface area contributed by atoms with Crippen molar-refractivity contribution in [3.8, 4) is 11.5 Å². The number of hydrogen-bond acceptors (Lipinski definition) is 4. The summed E-state index contributed by atoms with van der Waals surface area (Å²) in [6.45, 7) is 23.6. The zero-order valence-electron chi connectivity index (χ0n) is 36.2. The topological polar surface area (TPSA) is 24.9 Å². The molecule has 2 aliphatic rings. The quantitative estimate of drug-likeness (QED) is 0.146. The molecule has 0 saturated carbocycles. The summed E-state index contributed by atoms with van der Waals surface area (Å²) in [5.74, 6) is 1.97. The van der Waals surface area contributed by atoms with E-state index in [1.54, 1.807) is 0 Å². The largest absolute Gasteiger partial charge is 0.478 e. The number of fused-ring (bicyclic) bond motifs is 2. The molecule has 0 unspecified atom stereocenters. The molecule has 2 aliphatic heterocycles. The Bertz CT molecular complexity index is 2420. The van der Waals surface area contributed by atoms with Gasteiger partial charge in [-0.15, -0.1) is 0 Å². The molecule has 0 atom stereocenters. The Morgan fingerprint density at radius 2 is 0.793 bits per heavy atom. The molecule has 0 amide bonds. The molecule has 298 valence electrons. The maximum absolute atomic E-state index is 6.37. The molecule has 6 aromatic rings. The molecule has 0 aliphatic carbocycles. The van der Waals surface area contributed by atoms with Gasteiger partial charge >= 0.3 is 0 Å². The van der Waals surface area contributed by atoms with Crippen LogP contribution in [0.25, 0.3) is 0 Å². The molecule has 0 bridgehead atoms. The van der Waals surface area contributed by atoms with Crippen LogP contribution in [0.15, 0.2) is 133 Å². The summed E-state index contributed by atoms with van der Waals surface area (Å²) in [4.78, 5) is 4.54. The molecule has 58 heavy (non-hydrogen) atoms. The van der Waals surface area contributed by atoms with Gasteiger partial charge < -0.3 is 14.4 Å². The maximum Gasteiger partial charge on any atom is 0.161 e. The Morgan fingerprint density at radius 1 is 0.414 bits per heavy atom. The minimum atomic E-state index is -0.187. The first-order chi connectivity index (χ1) is 27.5. The highest BCUT2D eigenvalue weighted by atomic mass is 16.5. The SMILES string of the molecule is Cc1ccc(C(C)(C)c2cccc(C(C)(C)c3ccc(N4COc5ccc(C(C)(C)c6ccc(C(C)(C)c7ccc8c(c7)CN(C)CO8)cc6)cc5C4)cc3)c2)cc1. The summed E-state index contributed by atoms with van der Waals surface area (Å²) in [7, 11) is 2.10. The van der Waals surface area contributed by atoms with E-state index >= 15 is 0 Å². The van der Waals surface area contributed by atoms with E-state index in [1.807, 2.05) is 0 Å². The highest BCUT2D eigenvalue weighted by molar-refractivity contribution is 5.55. The van der Waals surface area contributed by atoms with Crippen molar-refractivity contribution >= 4 is 5.69 Å². The minimum Gasteiger partial charge on any atom is -0.478 e. The first-order valence-corrected chi connectivity index (χ1v) is 20.9. The van der Waals surface area contributed by atoms with Crippen LogP contribution in [0.2, 0.25) is 0 Å². The van der Waals surface area contributed by atoms with E-state index in [1.165, 1.54) is 66.9 Å².